The minimum atomic E-state index is 0.774. The van der Waals surface area contributed by atoms with Crippen LogP contribution in [0.15, 0.2) is 204 Å². The molecule has 0 bridgehead atoms. The van der Waals surface area contributed by atoms with Crippen LogP contribution in [0.2, 0.25) is 0 Å². The van der Waals surface area contributed by atoms with E-state index in [-0.39, 0.29) is 0 Å². The number of terminal acetylenes is 1. The molecule has 2 heteroatoms. The first-order chi connectivity index (χ1) is 28.1. The second-order valence-corrected chi connectivity index (χ2v) is 14.3. The number of furan rings is 1. The smallest absolute Gasteiger partial charge is 0.135 e. The molecule has 0 aliphatic rings. The second-order valence-electron chi connectivity index (χ2n) is 14.3. The van der Waals surface area contributed by atoms with Gasteiger partial charge in [-0.1, -0.05) is 146 Å². The fraction of sp³-hybridized carbons (Fsp3) is 0.0545. The number of para-hydroxylation sites is 1. The summed E-state index contributed by atoms with van der Waals surface area (Å²) in [4.78, 5) is 2.39. The van der Waals surface area contributed by atoms with Gasteiger partial charge in [0.2, 0.25) is 0 Å². The largest absolute Gasteiger partial charge is 0.456 e. The summed E-state index contributed by atoms with van der Waals surface area (Å²) in [7, 11) is 0. The Balaban J connectivity index is 0.00000137. The molecule has 0 aliphatic heterocycles. The highest BCUT2D eigenvalue weighted by Gasteiger charge is 2.18. The number of hydrogen-bond donors (Lipinski definition) is 0. The summed E-state index contributed by atoms with van der Waals surface area (Å²) in [5, 5.41) is 12.4. The summed E-state index contributed by atoms with van der Waals surface area (Å²) >= 11 is 0. The van der Waals surface area contributed by atoms with Crippen molar-refractivity contribution >= 4 is 76.4 Å². The Morgan fingerprint density at radius 3 is 1.91 bits per heavy atom. The summed E-state index contributed by atoms with van der Waals surface area (Å²) in [5.74, 6) is 2.25. The van der Waals surface area contributed by atoms with E-state index >= 15 is 0 Å². The number of rotatable bonds is 7. The summed E-state index contributed by atoms with van der Waals surface area (Å²) in [6.45, 7) is 3.75. The molecule has 0 amide bonds. The van der Waals surface area contributed by atoms with Crippen LogP contribution in [0.5, 0.6) is 0 Å². The molecule has 272 valence electrons. The van der Waals surface area contributed by atoms with Gasteiger partial charge in [-0.15, -0.1) is 12.3 Å². The van der Waals surface area contributed by atoms with Crippen molar-refractivity contribution in [2.75, 3.05) is 4.90 Å². The van der Waals surface area contributed by atoms with Crippen molar-refractivity contribution in [3.63, 3.8) is 0 Å². The fourth-order valence-electron chi connectivity index (χ4n) is 8.23. The highest BCUT2D eigenvalue weighted by molar-refractivity contribution is 6.10. The quantitative estimate of drug-likeness (QED) is 0.0922. The highest BCUT2D eigenvalue weighted by atomic mass is 16.3. The molecule has 0 saturated heterocycles. The van der Waals surface area contributed by atoms with Gasteiger partial charge in [0.05, 0.1) is 0 Å². The van der Waals surface area contributed by atoms with E-state index in [9.17, 15) is 0 Å². The molecule has 1 aromatic heterocycles. The molecule has 0 aliphatic carbocycles. The maximum Gasteiger partial charge on any atom is 0.135 e. The van der Waals surface area contributed by atoms with Crippen molar-refractivity contribution < 1.29 is 4.42 Å². The van der Waals surface area contributed by atoms with E-state index in [0.717, 1.165) is 45.4 Å². The van der Waals surface area contributed by atoms with Gasteiger partial charge in [-0.25, -0.2) is 0 Å². The van der Waals surface area contributed by atoms with Crippen LogP contribution >= 0.6 is 0 Å². The summed E-state index contributed by atoms with van der Waals surface area (Å²) in [5.41, 5.74) is 8.71. The monoisotopic (exact) mass is 731 g/mol. The lowest BCUT2D eigenvalue weighted by molar-refractivity contribution is 0.669. The van der Waals surface area contributed by atoms with Crippen LogP contribution in [0, 0.1) is 12.3 Å². The van der Waals surface area contributed by atoms with E-state index < -0.39 is 0 Å². The normalized spacial score (nSPS) is 11.8. The number of fused-ring (bicyclic) bond motifs is 9. The zero-order chi connectivity index (χ0) is 38.7. The molecule has 0 saturated carbocycles. The molecular formula is C55H41NO. The van der Waals surface area contributed by atoms with Gasteiger partial charge in [-0.3, -0.25) is 0 Å². The molecule has 0 unspecified atom stereocenters. The lowest BCUT2D eigenvalue weighted by Gasteiger charge is -2.27. The molecule has 0 radical (unpaired) electrons. The van der Waals surface area contributed by atoms with Gasteiger partial charge >= 0.3 is 0 Å². The van der Waals surface area contributed by atoms with Gasteiger partial charge in [0.15, 0.2) is 0 Å². The first kappa shape index (κ1) is 35.4. The number of allylic oxidation sites excluding steroid dienone is 3. The van der Waals surface area contributed by atoms with Crippen molar-refractivity contribution in [1.82, 2.24) is 0 Å². The topological polar surface area (TPSA) is 16.4 Å². The molecular weight excluding hydrogens is 691 g/mol. The zero-order valence-corrected chi connectivity index (χ0v) is 32.1. The van der Waals surface area contributed by atoms with Crippen molar-refractivity contribution in [3.8, 4) is 23.5 Å². The number of hydrogen-bond acceptors (Lipinski definition) is 2. The average molecular weight is 732 g/mol. The van der Waals surface area contributed by atoms with Gasteiger partial charge in [0, 0.05) is 27.8 Å². The lowest BCUT2D eigenvalue weighted by atomic mass is 9.95. The van der Waals surface area contributed by atoms with E-state index in [4.69, 9.17) is 4.42 Å². The number of nitrogens with zero attached hydrogens (tertiary/aromatic N) is 1. The van der Waals surface area contributed by atoms with Crippen molar-refractivity contribution in [1.29, 1.82) is 0 Å². The summed E-state index contributed by atoms with van der Waals surface area (Å²) in [6.07, 6.45) is 12.1. The first-order valence-electron chi connectivity index (χ1n) is 19.5. The predicted molar refractivity (Wildman–Crippen MR) is 245 cm³/mol. The fourth-order valence-corrected chi connectivity index (χ4v) is 8.23. The second kappa shape index (κ2) is 15.4. The van der Waals surface area contributed by atoms with E-state index in [0.29, 0.717) is 0 Å². The maximum atomic E-state index is 6.28. The van der Waals surface area contributed by atoms with E-state index in [1.807, 2.05) is 12.1 Å². The van der Waals surface area contributed by atoms with Crippen LogP contribution in [0.3, 0.4) is 0 Å². The van der Waals surface area contributed by atoms with Crippen molar-refractivity contribution in [2.24, 2.45) is 0 Å². The van der Waals surface area contributed by atoms with Gasteiger partial charge in [0.25, 0.3) is 0 Å². The Morgan fingerprint density at radius 1 is 0.526 bits per heavy atom. The molecule has 0 N–H and O–H groups in total. The van der Waals surface area contributed by atoms with Crippen LogP contribution < -0.4 is 4.90 Å². The van der Waals surface area contributed by atoms with Crippen molar-refractivity contribution in [3.05, 3.63) is 205 Å². The highest BCUT2D eigenvalue weighted by Crippen LogP contribution is 2.39. The number of anilines is 2. The summed E-state index contributed by atoms with van der Waals surface area (Å²) in [6, 6.07) is 63.6. The molecule has 2 nitrogen and oxygen atoms in total. The Morgan fingerprint density at radius 2 is 1.12 bits per heavy atom. The third kappa shape index (κ3) is 6.71. The molecule has 10 rings (SSSR count). The van der Waals surface area contributed by atoms with Crippen LogP contribution in [0.1, 0.15) is 19.4 Å². The minimum absolute atomic E-state index is 0.774. The zero-order valence-electron chi connectivity index (χ0n) is 32.1. The van der Waals surface area contributed by atoms with E-state index in [1.54, 1.807) is 6.92 Å². The molecule has 9 aromatic carbocycles. The van der Waals surface area contributed by atoms with Crippen LogP contribution in [-0.4, -0.2) is 0 Å². The maximum absolute atomic E-state index is 6.28. The molecule has 0 atom stereocenters. The number of benzene rings is 9. The van der Waals surface area contributed by atoms with Gasteiger partial charge in [0.1, 0.15) is 11.2 Å². The molecule has 0 spiro atoms. The average Bonchev–Trinajstić information content (AvgIpc) is 3.64. The van der Waals surface area contributed by atoms with Gasteiger partial charge < -0.3 is 9.32 Å². The minimum Gasteiger partial charge on any atom is -0.456 e. The van der Waals surface area contributed by atoms with Crippen LogP contribution in [-0.2, 0) is 6.42 Å². The predicted octanol–water partition coefficient (Wildman–Crippen LogP) is 15.3. The molecule has 57 heavy (non-hydrogen) atoms. The van der Waals surface area contributed by atoms with E-state index in [1.165, 1.54) is 59.8 Å². The standard InChI is InChI=1S/C52H37NO.C3H4/c1-2-12-41(28-27-40-31-39-14-4-6-18-45(39)47-20-8-7-19-46(40)47)53(43-29-30-52-50(34-43)48-21-9-10-22-51(48)54-52)42-16-11-15-37(32-42)38-26-25-36-24-23-35-13-3-5-17-44(35)49(36)33-38;1-3-2/h2-26,28-34H,27H2,1H3;1H,2H3/b12-2-,41-28+;. The van der Waals surface area contributed by atoms with Gasteiger partial charge in [-0.05, 0) is 129 Å². The Hall–Kier alpha value is -7.34. The Bertz CT molecular complexity index is 3210. The first-order valence-corrected chi connectivity index (χ1v) is 19.5. The molecule has 0 fully saturated rings. The van der Waals surface area contributed by atoms with Crippen molar-refractivity contribution in [2.45, 2.75) is 20.3 Å². The van der Waals surface area contributed by atoms with Crippen LogP contribution in [0.4, 0.5) is 11.4 Å². The van der Waals surface area contributed by atoms with Gasteiger partial charge in [-0.2, -0.15) is 0 Å². The molecule has 1 heterocycles. The SMILES string of the molecule is C#CC.C/C=C\C(=C/Cc1cc2ccccc2c2ccccc12)N(c1cccc(-c2ccc3ccc4ccccc4c3c2)c1)c1ccc2oc3ccccc3c2c1. The Kier molecular flexibility index (Phi) is 9.57. The third-order valence-electron chi connectivity index (χ3n) is 10.8. The third-order valence-corrected chi connectivity index (χ3v) is 10.8. The van der Waals surface area contributed by atoms with E-state index in [2.05, 4.69) is 206 Å². The van der Waals surface area contributed by atoms with Crippen LogP contribution in [0.25, 0.3) is 76.2 Å². The summed E-state index contributed by atoms with van der Waals surface area (Å²) < 4.78 is 6.28. The molecule has 10 aromatic rings. The lowest BCUT2D eigenvalue weighted by Crippen LogP contribution is -2.15. The Labute approximate surface area is 333 Å².